The maximum absolute atomic E-state index is 13.2. The zero-order valence-corrected chi connectivity index (χ0v) is 20.2. The van der Waals surface area contributed by atoms with E-state index in [9.17, 15) is 4.79 Å². The van der Waals surface area contributed by atoms with Crippen molar-refractivity contribution in [3.05, 3.63) is 77.0 Å². The van der Waals surface area contributed by atoms with Crippen LogP contribution in [0, 0.1) is 6.92 Å². The smallest absolute Gasteiger partial charge is 0.254 e. The number of nitrogens with zero attached hydrogens (tertiary/aromatic N) is 6. The standard InChI is InChI=1S/C27H32N6O/c1-20-8-7-9-21(18-20)26(34)33-13-12-24-23(19-33)25(30(2)3)29-27(28-24)32-16-14-31(15-17-32)22-10-5-4-6-11-22/h4-11,18H,12-17,19H2,1-3H3. The Morgan fingerprint density at radius 3 is 2.32 bits per heavy atom. The van der Waals surface area contributed by atoms with Crippen molar-refractivity contribution in [2.45, 2.75) is 19.9 Å². The molecular weight excluding hydrogens is 424 g/mol. The van der Waals surface area contributed by atoms with Crippen molar-refractivity contribution in [2.75, 3.05) is 61.5 Å². The van der Waals surface area contributed by atoms with Crippen LogP contribution in [0.4, 0.5) is 17.5 Å². The molecule has 5 rings (SSSR count). The van der Waals surface area contributed by atoms with Gasteiger partial charge in [-0.25, -0.2) is 4.98 Å². The Hall–Kier alpha value is -3.61. The van der Waals surface area contributed by atoms with Crippen LogP contribution >= 0.6 is 0 Å². The first-order chi connectivity index (χ1) is 16.5. The first-order valence-corrected chi connectivity index (χ1v) is 12.0. The summed E-state index contributed by atoms with van der Waals surface area (Å²) in [4.78, 5) is 31.8. The Kier molecular flexibility index (Phi) is 6.09. The largest absolute Gasteiger partial charge is 0.368 e. The van der Waals surface area contributed by atoms with E-state index in [0.717, 1.165) is 66.8 Å². The maximum Gasteiger partial charge on any atom is 0.254 e. The number of amides is 1. The van der Waals surface area contributed by atoms with Crippen LogP contribution in [0.2, 0.25) is 0 Å². The summed E-state index contributed by atoms with van der Waals surface area (Å²) in [6.07, 6.45) is 0.743. The number of hydrogen-bond donors (Lipinski definition) is 0. The third-order valence-corrected chi connectivity index (χ3v) is 6.69. The minimum absolute atomic E-state index is 0.0696. The van der Waals surface area contributed by atoms with Gasteiger partial charge in [0, 0.05) is 70.1 Å². The molecule has 1 saturated heterocycles. The van der Waals surface area contributed by atoms with Crippen molar-refractivity contribution in [1.29, 1.82) is 0 Å². The van der Waals surface area contributed by atoms with E-state index in [2.05, 4.69) is 40.1 Å². The molecule has 2 aliphatic heterocycles. The molecule has 0 aliphatic carbocycles. The van der Waals surface area contributed by atoms with Crippen molar-refractivity contribution in [3.63, 3.8) is 0 Å². The molecule has 2 aliphatic rings. The van der Waals surface area contributed by atoms with Crippen molar-refractivity contribution in [2.24, 2.45) is 0 Å². The maximum atomic E-state index is 13.2. The molecule has 0 spiro atoms. The highest BCUT2D eigenvalue weighted by Gasteiger charge is 2.29. The van der Waals surface area contributed by atoms with Crippen LogP contribution < -0.4 is 14.7 Å². The molecule has 7 nitrogen and oxygen atoms in total. The van der Waals surface area contributed by atoms with E-state index < -0.39 is 0 Å². The molecule has 1 aromatic heterocycles. The summed E-state index contributed by atoms with van der Waals surface area (Å²) >= 11 is 0. The number of para-hydroxylation sites is 1. The van der Waals surface area contributed by atoms with Gasteiger partial charge in [-0.1, -0.05) is 35.9 Å². The van der Waals surface area contributed by atoms with Gasteiger partial charge in [0.25, 0.3) is 5.91 Å². The number of benzene rings is 2. The summed E-state index contributed by atoms with van der Waals surface area (Å²) < 4.78 is 0. The number of aromatic nitrogens is 2. The molecule has 0 N–H and O–H groups in total. The summed E-state index contributed by atoms with van der Waals surface area (Å²) in [5, 5.41) is 0. The van der Waals surface area contributed by atoms with Crippen LogP contribution in [-0.4, -0.2) is 67.6 Å². The van der Waals surface area contributed by atoms with Crippen molar-refractivity contribution >= 4 is 23.4 Å². The molecule has 1 fully saturated rings. The Balaban J connectivity index is 1.35. The molecule has 176 valence electrons. The fourth-order valence-electron chi connectivity index (χ4n) is 4.83. The number of piperazine rings is 1. The molecule has 2 aromatic carbocycles. The molecule has 3 heterocycles. The van der Waals surface area contributed by atoms with Gasteiger partial charge in [-0.3, -0.25) is 4.79 Å². The SMILES string of the molecule is Cc1cccc(C(=O)N2CCc3nc(N4CCN(c5ccccc5)CC4)nc(N(C)C)c3C2)c1. The highest BCUT2D eigenvalue weighted by molar-refractivity contribution is 5.94. The summed E-state index contributed by atoms with van der Waals surface area (Å²) in [5.41, 5.74) is 5.22. The molecule has 0 saturated carbocycles. The van der Waals surface area contributed by atoms with Crippen LogP contribution in [0.15, 0.2) is 54.6 Å². The minimum Gasteiger partial charge on any atom is -0.368 e. The first kappa shape index (κ1) is 22.2. The molecule has 1 amide bonds. The monoisotopic (exact) mass is 456 g/mol. The predicted octanol–water partition coefficient (Wildman–Crippen LogP) is 3.38. The molecule has 0 bridgehead atoms. The Labute approximate surface area is 201 Å². The van der Waals surface area contributed by atoms with Crippen molar-refractivity contribution in [3.8, 4) is 0 Å². The second kappa shape index (κ2) is 9.33. The van der Waals surface area contributed by atoms with Crippen LogP contribution in [-0.2, 0) is 13.0 Å². The van der Waals surface area contributed by atoms with Crippen LogP contribution in [0.25, 0.3) is 0 Å². The second-order valence-corrected chi connectivity index (χ2v) is 9.32. The number of fused-ring (bicyclic) bond motifs is 1. The lowest BCUT2D eigenvalue weighted by atomic mass is 10.0. The van der Waals surface area contributed by atoms with Gasteiger partial charge in [-0.15, -0.1) is 0 Å². The van der Waals surface area contributed by atoms with Crippen LogP contribution in [0.3, 0.4) is 0 Å². The lowest BCUT2D eigenvalue weighted by Crippen LogP contribution is -2.47. The highest BCUT2D eigenvalue weighted by Crippen LogP contribution is 2.29. The average Bonchev–Trinajstić information content (AvgIpc) is 2.88. The zero-order valence-electron chi connectivity index (χ0n) is 20.2. The van der Waals surface area contributed by atoms with Gasteiger partial charge in [0.05, 0.1) is 12.2 Å². The fourth-order valence-corrected chi connectivity index (χ4v) is 4.83. The molecule has 0 radical (unpaired) electrons. The molecule has 0 atom stereocenters. The van der Waals surface area contributed by atoms with Gasteiger partial charge >= 0.3 is 0 Å². The highest BCUT2D eigenvalue weighted by atomic mass is 16.2. The van der Waals surface area contributed by atoms with E-state index in [1.807, 2.05) is 55.1 Å². The van der Waals surface area contributed by atoms with Gasteiger partial charge in [-0.05, 0) is 31.2 Å². The average molecular weight is 457 g/mol. The zero-order chi connectivity index (χ0) is 23.7. The van der Waals surface area contributed by atoms with E-state index in [1.165, 1.54) is 5.69 Å². The topological polar surface area (TPSA) is 55.8 Å². The van der Waals surface area contributed by atoms with Crippen LogP contribution in [0.5, 0.6) is 0 Å². The van der Waals surface area contributed by atoms with E-state index in [0.29, 0.717) is 13.1 Å². The quantitative estimate of drug-likeness (QED) is 0.600. The van der Waals surface area contributed by atoms with E-state index in [4.69, 9.17) is 9.97 Å². The third-order valence-electron chi connectivity index (χ3n) is 6.69. The minimum atomic E-state index is 0.0696. The Morgan fingerprint density at radius 1 is 0.882 bits per heavy atom. The van der Waals surface area contributed by atoms with Gasteiger partial charge in [-0.2, -0.15) is 4.98 Å². The fraction of sp³-hybridized carbons (Fsp3) is 0.370. The molecule has 0 unspecified atom stereocenters. The lowest BCUT2D eigenvalue weighted by molar-refractivity contribution is 0.0733. The van der Waals surface area contributed by atoms with Gasteiger partial charge in [0.1, 0.15) is 5.82 Å². The Bertz CT molecular complexity index is 1170. The summed E-state index contributed by atoms with van der Waals surface area (Å²) in [6.45, 7) is 6.89. The van der Waals surface area contributed by atoms with Gasteiger partial charge < -0.3 is 19.6 Å². The molecule has 34 heavy (non-hydrogen) atoms. The molecular formula is C27H32N6O. The first-order valence-electron chi connectivity index (χ1n) is 12.0. The van der Waals surface area contributed by atoms with E-state index in [1.54, 1.807) is 0 Å². The number of hydrogen-bond acceptors (Lipinski definition) is 6. The Morgan fingerprint density at radius 2 is 1.62 bits per heavy atom. The third kappa shape index (κ3) is 4.42. The summed E-state index contributed by atoms with van der Waals surface area (Å²) in [7, 11) is 4.03. The molecule has 7 heteroatoms. The van der Waals surface area contributed by atoms with Crippen molar-refractivity contribution < 1.29 is 4.79 Å². The van der Waals surface area contributed by atoms with Crippen molar-refractivity contribution in [1.82, 2.24) is 14.9 Å². The number of rotatable bonds is 4. The predicted molar refractivity (Wildman–Crippen MR) is 137 cm³/mol. The number of carbonyl (C=O) groups excluding carboxylic acids is 1. The van der Waals surface area contributed by atoms with Crippen LogP contribution in [0.1, 0.15) is 27.2 Å². The number of anilines is 3. The van der Waals surface area contributed by atoms with E-state index in [-0.39, 0.29) is 5.91 Å². The summed E-state index contributed by atoms with van der Waals surface area (Å²) in [5.74, 6) is 1.78. The lowest BCUT2D eigenvalue weighted by Gasteiger charge is -2.37. The number of aryl methyl sites for hydroxylation is 1. The molecule has 3 aromatic rings. The van der Waals surface area contributed by atoms with Gasteiger partial charge in [0.2, 0.25) is 5.95 Å². The second-order valence-electron chi connectivity index (χ2n) is 9.32. The van der Waals surface area contributed by atoms with E-state index >= 15 is 0 Å². The van der Waals surface area contributed by atoms with Gasteiger partial charge in [0.15, 0.2) is 0 Å². The normalized spacial score (nSPS) is 15.8. The summed E-state index contributed by atoms with van der Waals surface area (Å²) in [6, 6.07) is 18.4. The number of carbonyl (C=O) groups is 1.